The van der Waals surface area contributed by atoms with Gasteiger partial charge in [-0.15, -0.1) is 0 Å². The number of carbonyl (C=O) groups excluding carboxylic acids is 1. The predicted octanol–water partition coefficient (Wildman–Crippen LogP) is 2.12. The molecular formula is C4H6BrIO. The van der Waals surface area contributed by atoms with Gasteiger partial charge in [-0.05, 0) is 13.8 Å². The van der Waals surface area contributed by atoms with E-state index in [-0.39, 0.29) is 8.11 Å². The molecule has 0 fully saturated rings. The topological polar surface area (TPSA) is 17.1 Å². The maximum absolute atomic E-state index is 10.4. The van der Waals surface area contributed by atoms with Gasteiger partial charge in [-0.25, -0.2) is 0 Å². The molecule has 0 saturated heterocycles. The summed E-state index contributed by atoms with van der Waals surface area (Å²) in [5.41, 5.74) is 0. The van der Waals surface area contributed by atoms with E-state index in [4.69, 9.17) is 0 Å². The number of hydrogen-bond donors (Lipinski definition) is 0. The van der Waals surface area contributed by atoms with Gasteiger partial charge in [-0.2, -0.15) is 0 Å². The zero-order chi connectivity index (χ0) is 6.08. The Bertz CT molecular complexity index is 84.2. The SMILES string of the molecule is CC(C)(Br)C(=O)I. The van der Waals surface area contributed by atoms with Crippen LogP contribution in [0.15, 0.2) is 0 Å². The summed E-state index contributed by atoms with van der Waals surface area (Å²) in [7, 11) is 0. The highest BCUT2D eigenvalue weighted by Gasteiger charge is 2.19. The molecular weight excluding hydrogens is 271 g/mol. The molecule has 0 aliphatic carbocycles. The van der Waals surface area contributed by atoms with E-state index < -0.39 is 0 Å². The van der Waals surface area contributed by atoms with Crippen molar-refractivity contribution in [1.29, 1.82) is 0 Å². The van der Waals surface area contributed by atoms with E-state index in [9.17, 15) is 4.79 Å². The van der Waals surface area contributed by atoms with Crippen LogP contribution in [0.25, 0.3) is 0 Å². The molecule has 0 unspecified atom stereocenters. The third kappa shape index (κ3) is 3.46. The van der Waals surface area contributed by atoms with Crippen molar-refractivity contribution in [2.24, 2.45) is 0 Å². The Morgan fingerprint density at radius 2 is 1.86 bits per heavy atom. The van der Waals surface area contributed by atoms with Crippen LogP contribution >= 0.6 is 38.5 Å². The first kappa shape index (κ1) is 7.88. The van der Waals surface area contributed by atoms with Gasteiger partial charge in [0.25, 0.3) is 0 Å². The van der Waals surface area contributed by atoms with Crippen molar-refractivity contribution < 1.29 is 4.79 Å². The number of alkyl halides is 1. The summed E-state index contributed by atoms with van der Waals surface area (Å²) in [5, 5.41) is 0. The van der Waals surface area contributed by atoms with Gasteiger partial charge < -0.3 is 0 Å². The lowest BCUT2D eigenvalue weighted by molar-refractivity contribution is -0.110. The normalized spacial score (nSPS) is 11.4. The fourth-order valence-electron chi connectivity index (χ4n) is 0. The fraction of sp³-hybridized carbons (Fsp3) is 0.750. The Balaban J connectivity index is 3.79. The Kier molecular flexibility index (Phi) is 2.74. The van der Waals surface area contributed by atoms with Crippen molar-refractivity contribution in [3.63, 3.8) is 0 Å². The van der Waals surface area contributed by atoms with Crippen LogP contribution in [0.4, 0.5) is 0 Å². The molecule has 42 valence electrons. The lowest BCUT2D eigenvalue weighted by Crippen LogP contribution is -2.16. The van der Waals surface area contributed by atoms with Crippen LogP contribution in [0, 0.1) is 0 Å². The molecule has 0 aliphatic rings. The van der Waals surface area contributed by atoms with E-state index in [1.54, 1.807) is 22.6 Å². The molecule has 0 bridgehead atoms. The van der Waals surface area contributed by atoms with Gasteiger partial charge in [-0.1, -0.05) is 15.9 Å². The predicted molar refractivity (Wildman–Crippen MR) is 42.0 cm³/mol. The number of halogens is 2. The minimum atomic E-state index is -0.340. The quantitative estimate of drug-likeness (QED) is 0.407. The van der Waals surface area contributed by atoms with E-state index in [0.717, 1.165) is 0 Å². The summed E-state index contributed by atoms with van der Waals surface area (Å²) < 4.78 is -0.210. The molecule has 0 aliphatic heterocycles. The van der Waals surface area contributed by atoms with E-state index in [0.29, 0.717) is 0 Å². The van der Waals surface area contributed by atoms with Gasteiger partial charge in [0.1, 0.15) is 0 Å². The Morgan fingerprint density at radius 3 is 1.86 bits per heavy atom. The van der Waals surface area contributed by atoms with Crippen LogP contribution < -0.4 is 0 Å². The van der Waals surface area contributed by atoms with Gasteiger partial charge in [-0.3, -0.25) is 4.79 Å². The van der Waals surface area contributed by atoms with E-state index >= 15 is 0 Å². The second-order valence-corrected chi connectivity index (χ2v) is 4.71. The monoisotopic (exact) mass is 276 g/mol. The third-order valence-corrected chi connectivity index (χ3v) is 2.92. The van der Waals surface area contributed by atoms with E-state index in [1.165, 1.54) is 0 Å². The Morgan fingerprint density at radius 1 is 1.71 bits per heavy atom. The van der Waals surface area contributed by atoms with Gasteiger partial charge in [0.05, 0.1) is 4.32 Å². The van der Waals surface area contributed by atoms with Crippen molar-refractivity contribution in [2.45, 2.75) is 18.2 Å². The Labute approximate surface area is 65.1 Å². The second-order valence-electron chi connectivity index (χ2n) is 1.75. The van der Waals surface area contributed by atoms with Gasteiger partial charge in [0.15, 0.2) is 0 Å². The molecule has 0 rings (SSSR count). The molecule has 0 aromatic rings. The summed E-state index contributed by atoms with van der Waals surface area (Å²) in [6.45, 7) is 3.64. The van der Waals surface area contributed by atoms with Gasteiger partial charge in [0.2, 0.25) is 3.79 Å². The summed E-state index contributed by atoms with van der Waals surface area (Å²) in [5.74, 6) is 0. The average Bonchev–Trinajstić information content (AvgIpc) is 1.31. The van der Waals surface area contributed by atoms with E-state index in [1.807, 2.05) is 13.8 Å². The molecule has 0 N–H and O–H groups in total. The lowest BCUT2D eigenvalue weighted by atomic mass is 10.3. The molecule has 7 heavy (non-hydrogen) atoms. The maximum Gasteiger partial charge on any atom is 0.208 e. The molecule has 0 heterocycles. The summed E-state index contributed by atoms with van der Waals surface area (Å²) in [6.07, 6.45) is 0. The molecule has 0 saturated carbocycles. The first-order valence-corrected chi connectivity index (χ1v) is 3.70. The van der Waals surface area contributed by atoms with Crippen molar-refractivity contribution in [2.75, 3.05) is 0 Å². The van der Waals surface area contributed by atoms with Crippen LogP contribution in [-0.2, 0) is 4.79 Å². The maximum atomic E-state index is 10.4. The second kappa shape index (κ2) is 2.44. The fourth-order valence-corrected chi connectivity index (χ4v) is 0. The molecule has 3 heteroatoms. The van der Waals surface area contributed by atoms with Crippen LogP contribution in [0.5, 0.6) is 0 Å². The number of carbonyl (C=O) groups is 1. The lowest BCUT2D eigenvalue weighted by Gasteiger charge is -2.06. The molecule has 0 aromatic heterocycles. The zero-order valence-electron chi connectivity index (χ0n) is 4.16. The highest BCUT2D eigenvalue weighted by Crippen LogP contribution is 2.19. The van der Waals surface area contributed by atoms with E-state index in [2.05, 4.69) is 15.9 Å². The van der Waals surface area contributed by atoms with Crippen molar-refractivity contribution >= 4 is 42.3 Å². The third-order valence-electron chi connectivity index (χ3n) is 0.467. The first-order chi connectivity index (χ1) is 2.94. The van der Waals surface area contributed by atoms with Crippen molar-refractivity contribution in [1.82, 2.24) is 0 Å². The minimum absolute atomic E-state index is 0.130. The summed E-state index contributed by atoms with van der Waals surface area (Å²) in [6, 6.07) is 0. The zero-order valence-corrected chi connectivity index (χ0v) is 7.91. The van der Waals surface area contributed by atoms with Crippen LogP contribution in [0.1, 0.15) is 13.8 Å². The van der Waals surface area contributed by atoms with Crippen molar-refractivity contribution in [3.05, 3.63) is 0 Å². The minimum Gasteiger partial charge on any atom is -0.286 e. The highest BCUT2D eigenvalue weighted by molar-refractivity contribution is 14.1. The first-order valence-electron chi connectivity index (χ1n) is 1.83. The summed E-state index contributed by atoms with van der Waals surface area (Å²) in [4.78, 5) is 10.4. The van der Waals surface area contributed by atoms with Crippen LogP contribution in [0.2, 0.25) is 0 Å². The molecule has 0 amide bonds. The average molecular weight is 277 g/mol. The number of hydrogen-bond acceptors (Lipinski definition) is 1. The molecule has 1 nitrogen and oxygen atoms in total. The van der Waals surface area contributed by atoms with Crippen LogP contribution in [-0.4, -0.2) is 8.11 Å². The molecule has 0 aromatic carbocycles. The highest BCUT2D eigenvalue weighted by atomic mass is 127. The Hall–Kier alpha value is 0.880. The standard InChI is InChI=1S/C4H6BrIO/c1-4(2,5)3(6)7/h1-2H3. The molecule has 0 spiro atoms. The van der Waals surface area contributed by atoms with Crippen molar-refractivity contribution in [3.8, 4) is 0 Å². The largest absolute Gasteiger partial charge is 0.286 e. The molecule has 0 radical (unpaired) electrons. The number of rotatable bonds is 1. The molecule has 0 atom stereocenters. The van der Waals surface area contributed by atoms with Gasteiger partial charge in [0, 0.05) is 22.6 Å². The van der Waals surface area contributed by atoms with Gasteiger partial charge >= 0.3 is 0 Å². The summed E-state index contributed by atoms with van der Waals surface area (Å²) >= 11 is 4.95. The smallest absolute Gasteiger partial charge is 0.208 e. The van der Waals surface area contributed by atoms with Crippen LogP contribution in [0.3, 0.4) is 0 Å².